The van der Waals surface area contributed by atoms with Crippen molar-refractivity contribution in [2.45, 2.75) is 30.0 Å². The lowest BCUT2D eigenvalue weighted by atomic mass is 10.1. The number of nitrogens with zero attached hydrogens (tertiary/aromatic N) is 3. The van der Waals surface area contributed by atoms with Gasteiger partial charge in [-0.05, 0) is 43.2 Å². The summed E-state index contributed by atoms with van der Waals surface area (Å²) in [6.07, 6.45) is -0.733. The lowest BCUT2D eigenvalue weighted by Crippen LogP contribution is -2.41. The zero-order valence-corrected chi connectivity index (χ0v) is 14.4. The second kappa shape index (κ2) is 7.20. The molecule has 3 rings (SSSR count). The molecule has 140 valence electrons. The molecule has 0 atom stereocenters. The zero-order valence-electron chi connectivity index (χ0n) is 13.6. The molecule has 1 aromatic carbocycles. The van der Waals surface area contributed by atoms with E-state index in [1.54, 1.807) is 18.5 Å². The number of hydrogen-bond donors (Lipinski definition) is 0. The third-order valence-corrected chi connectivity index (χ3v) is 5.95. The number of aromatic nitrogens is 2. The Morgan fingerprint density at radius 1 is 1.04 bits per heavy atom. The van der Waals surface area contributed by atoms with E-state index in [-0.39, 0.29) is 30.1 Å². The normalized spacial score (nSPS) is 17.2. The summed E-state index contributed by atoms with van der Waals surface area (Å²) in [6, 6.07) is 5.41. The van der Waals surface area contributed by atoms with Gasteiger partial charge in [0.2, 0.25) is 10.0 Å². The monoisotopic (exact) mass is 387 g/mol. The van der Waals surface area contributed by atoms with E-state index < -0.39 is 21.8 Å². The number of ether oxygens (including phenoxy) is 1. The summed E-state index contributed by atoms with van der Waals surface area (Å²) < 4.78 is 69.9. The summed E-state index contributed by atoms with van der Waals surface area (Å²) >= 11 is 0. The van der Waals surface area contributed by atoms with Crippen LogP contribution in [0.4, 0.5) is 13.2 Å². The standard InChI is InChI=1S/C16H16F3N3O3S/c17-16(18,19)12-2-4-14(5-3-12)26(23,24)22-10-6-13(7-11-22)25-15-20-8-1-9-21-15/h1-5,8-9,13H,6-7,10-11H2. The van der Waals surface area contributed by atoms with Crippen LogP contribution < -0.4 is 4.74 Å². The smallest absolute Gasteiger partial charge is 0.416 e. The van der Waals surface area contributed by atoms with E-state index in [0.29, 0.717) is 12.8 Å². The maximum Gasteiger partial charge on any atom is 0.416 e. The van der Waals surface area contributed by atoms with Crippen molar-refractivity contribution in [2.24, 2.45) is 0 Å². The molecule has 0 amide bonds. The van der Waals surface area contributed by atoms with Crippen LogP contribution in [0.3, 0.4) is 0 Å². The van der Waals surface area contributed by atoms with Crippen LogP contribution in [0, 0.1) is 0 Å². The largest absolute Gasteiger partial charge is 0.460 e. The fraction of sp³-hybridized carbons (Fsp3) is 0.375. The first-order valence-electron chi connectivity index (χ1n) is 7.88. The minimum absolute atomic E-state index is 0.156. The maximum absolute atomic E-state index is 12.6. The Hall–Kier alpha value is -2.20. The first-order chi connectivity index (χ1) is 12.3. The minimum atomic E-state index is -4.50. The summed E-state index contributed by atoms with van der Waals surface area (Å²) in [4.78, 5) is 7.76. The lowest BCUT2D eigenvalue weighted by molar-refractivity contribution is -0.137. The lowest BCUT2D eigenvalue weighted by Gasteiger charge is -2.30. The van der Waals surface area contributed by atoms with Crippen molar-refractivity contribution in [3.8, 4) is 6.01 Å². The van der Waals surface area contributed by atoms with Crippen LogP contribution in [0.1, 0.15) is 18.4 Å². The summed E-state index contributed by atoms with van der Waals surface area (Å²) in [6.45, 7) is 0.418. The van der Waals surface area contributed by atoms with Gasteiger partial charge in [0.25, 0.3) is 0 Å². The molecule has 0 saturated carbocycles. The molecular weight excluding hydrogens is 371 g/mol. The van der Waals surface area contributed by atoms with E-state index >= 15 is 0 Å². The molecule has 1 aliphatic rings. The van der Waals surface area contributed by atoms with Crippen molar-refractivity contribution >= 4 is 10.0 Å². The van der Waals surface area contributed by atoms with E-state index in [1.165, 1.54) is 4.31 Å². The average Bonchev–Trinajstić information content (AvgIpc) is 2.62. The van der Waals surface area contributed by atoms with Gasteiger partial charge >= 0.3 is 12.2 Å². The predicted octanol–water partition coefficient (Wildman–Crippen LogP) is 2.73. The molecule has 1 fully saturated rings. The SMILES string of the molecule is O=S(=O)(c1ccc(C(F)(F)F)cc1)N1CCC(Oc2ncccn2)CC1. The molecular formula is C16H16F3N3O3S. The molecule has 0 N–H and O–H groups in total. The van der Waals surface area contributed by atoms with E-state index in [0.717, 1.165) is 24.3 Å². The van der Waals surface area contributed by atoms with Crippen LogP contribution >= 0.6 is 0 Å². The Balaban J connectivity index is 1.64. The Labute approximate surface area is 148 Å². The van der Waals surface area contributed by atoms with E-state index in [2.05, 4.69) is 9.97 Å². The minimum Gasteiger partial charge on any atom is -0.460 e. The highest BCUT2D eigenvalue weighted by Crippen LogP contribution is 2.30. The van der Waals surface area contributed by atoms with Crippen LogP contribution in [0.15, 0.2) is 47.6 Å². The molecule has 0 aliphatic carbocycles. The zero-order chi connectivity index (χ0) is 18.8. The third kappa shape index (κ3) is 4.13. The second-order valence-corrected chi connectivity index (χ2v) is 7.71. The fourth-order valence-corrected chi connectivity index (χ4v) is 4.12. The Kier molecular flexibility index (Phi) is 5.15. The van der Waals surface area contributed by atoms with E-state index in [1.807, 2.05) is 0 Å². The van der Waals surface area contributed by atoms with Gasteiger partial charge in [0, 0.05) is 25.5 Å². The van der Waals surface area contributed by atoms with Crippen LogP contribution in [-0.2, 0) is 16.2 Å². The van der Waals surface area contributed by atoms with Gasteiger partial charge < -0.3 is 4.74 Å². The molecule has 6 nitrogen and oxygen atoms in total. The van der Waals surface area contributed by atoms with Crippen LogP contribution in [-0.4, -0.2) is 41.9 Å². The van der Waals surface area contributed by atoms with Gasteiger partial charge in [-0.3, -0.25) is 0 Å². The molecule has 1 saturated heterocycles. The van der Waals surface area contributed by atoms with Gasteiger partial charge in [0.1, 0.15) is 6.10 Å². The average molecular weight is 387 g/mol. The highest BCUT2D eigenvalue weighted by molar-refractivity contribution is 7.89. The number of sulfonamides is 1. The number of hydrogen-bond acceptors (Lipinski definition) is 5. The highest BCUT2D eigenvalue weighted by Gasteiger charge is 2.33. The third-order valence-electron chi connectivity index (χ3n) is 4.03. The van der Waals surface area contributed by atoms with Crippen molar-refractivity contribution < 1.29 is 26.3 Å². The van der Waals surface area contributed by atoms with Crippen molar-refractivity contribution in [1.82, 2.24) is 14.3 Å². The molecule has 26 heavy (non-hydrogen) atoms. The van der Waals surface area contributed by atoms with Gasteiger partial charge in [-0.1, -0.05) is 0 Å². The van der Waals surface area contributed by atoms with Crippen LogP contribution in [0.5, 0.6) is 6.01 Å². The van der Waals surface area contributed by atoms with Crippen LogP contribution in [0.2, 0.25) is 0 Å². The number of rotatable bonds is 4. The second-order valence-electron chi connectivity index (χ2n) is 5.77. The molecule has 2 heterocycles. The Bertz CT molecular complexity index is 835. The predicted molar refractivity (Wildman–Crippen MR) is 85.9 cm³/mol. The number of benzene rings is 1. The Morgan fingerprint density at radius 2 is 1.62 bits per heavy atom. The molecule has 10 heteroatoms. The molecule has 2 aromatic rings. The summed E-state index contributed by atoms with van der Waals surface area (Å²) in [5.41, 5.74) is -0.883. The number of piperidine rings is 1. The van der Waals surface area contributed by atoms with Gasteiger partial charge in [-0.15, -0.1) is 0 Å². The van der Waals surface area contributed by atoms with E-state index in [4.69, 9.17) is 4.74 Å². The number of alkyl halides is 3. The molecule has 0 radical (unpaired) electrons. The molecule has 0 spiro atoms. The van der Waals surface area contributed by atoms with Gasteiger partial charge in [0.15, 0.2) is 0 Å². The first kappa shape index (κ1) is 18.6. The quantitative estimate of drug-likeness (QED) is 0.807. The molecule has 0 bridgehead atoms. The molecule has 0 unspecified atom stereocenters. The maximum atomic E-state index is 12.6. The van der Waals surface area contributed by atoms with Crippen LogP contribution in [0.25, 0.3) is 0 Å². The van der Waals surface area contributed by atoms with E-state index in [9.17, 15) is 21.6 Å². The summed E-state index contributed by atoms with van der Waals surface area (Å²) in [7, 11) is -3.84. The van der Waals surface area contributed by atoms with Crippen molar-refractivity contribution in [3.05, 3.63) is 48.3 Å². The topological polar surface area (TPSA) is 72.4 Å². The molecule has 1 aromatic heterocycles. The molecule has 1 aliphatic heterocycles. The first-order valence-corrected chi connectivity index (χ1v) is 9.32. The van der Waals surface area contributed by atoms with Crippen molar-refractivity contribution in [1.29, 1.82) is 0 Å². The number of halogens is 3. The van der Waals surface area contributed by atoms with Gasteiger partial charge in [0.05, 0.1) is 10.5 Å². The van der Waals surface area contributed by atoms with Crippen molar-refractivity contribution in [2.75, 3.05) is 13.1 Å². The van der Waals surface area contributed by atoms with Gasteiger partial charge in [-0.2, -0.15) is 17.5 Å². The summed E-state index contributed by atoms with van der Waals surface area (Å²) in [5.74, 6) is 0. The Morgan fingerprint density at radius 3 is 2.15 bits per heavy atom. The summed E-state index contributed by atoms with van der Waals surface area (Å²) in [5, 5.41) is 0. The van der Waals surface area contributed by atoms with Crippen molar-refractivity contribution in [3.63, 3.8) is 0 Å². The fourth-order valence-electron chi connectivity index (χ4n) is 2.65. The highest BCUT2D eigenvalue weighted by atomic mass is 32.2. The van der Waals surface area contributed by atoms with Gasteiger partial charge in [-0.25, -0.2) is 18.4 Å².